The first-order chi connectivity index (χ1) is 11.0. The number of hydrogen-bond acceptors (Lipinski definition) is 3. The average Bonchev–Trinajstić information content (AvgIpc) is 2.60. The minimum absolute atomic E-state index is 0.0529. The molecule has 1 atom stereocenters. The zero-order valence-electron chi connectivity index (χ0n) is 16.9. The lowest BCUT2D eigenvalue weighted by Gasteiger charge is -2.53. The van der Waals surface area contributed by atoms with E-state index in [2.05, 4.69) is 51.8 Å². The maximum atomic E-state index is 13.2. The molecule has 2 fully saturated rings. The molecule has 1 unspecified atom stereocenters. The largest absolute Gasteiger partial charge is 0.339 e. The normalized spacial score (nSPS) is 31.0. The number of piperidine rings is 1. The van der Waals surface area contributed by atoms with Crippen molar-refractivity contribution in [1.82, 2.24) is 10.2 Å². The maximum Gasteiger partial charge on any atom is 0.256 e. The van der Waals surface area contributed by atoms with Crippen LogP contribution >= 0.6 is 0 Å². The monoisotopic (exact) mass is 338 g/mol. The number of nitrogens with one attached hydrogen (secondary N) is 1. The number of amides is 1. The predicted molar refractivity (Wildman–Crippen MR) is 98.9 cm³/mol. The van der Waals surface area contributed by atoms with Crippen molar-refractivity contribution in [2.75, 3.05) is 6.54 Å². The minimum Gasteiger partial charge on any atom is -0.339 e. The molecule has 1 amide bonds. The van der Waals surface area contributed by atoms with Gasteiger partial charge in [-0.3, -0.25) is 4.79 Å². The molecule has 0 aromatic carbocycles. The van der Waals surface area contributed by atoms with Crippen molar-refractivity contribution in [2.24, 2.45) is 0 Å². The number of unbranched alkanes of at least 4 members (excludes halogenated alkanes) is 3. The van der Waals surface area contributed by atoms with E-state index in [1.165, 1.54) is 19.3 Å². The molecule has 140 valence electrons. The third kappa shape index (κ3) is 3.80. The Balaban J connectivity index is 2.30. The summed E-state index contributed by atoms with van der Waals surface area (Å²) in [5, 5.41) is 3.72. The van der Waals surface area contributed by atoms with Gasteiger partial charge in [-0.1, -0.05) is 33.1 Å². The highest BCUT2D eigenvalue weighted by Gasteiger charge is 2.62. The van der Waals surface area contributed by atoms with Gasteiger partial charge >= 0.3 is 0 Å². The lowest BCUT2D eigenvalue weighted by Crippen LogP contribution is -2.67. The number of carbonyl (C=O) groups is 1. The van der Waals surface area contributed by atoms with Crippen LogP contribution in [0, 0.1) is 0 Å². The van der Waals surface area contributed by atoms with Crippen LogP contribution < -0.4 is 5.32 Å². The summed E-state index contributed by atoms with van der Waals surface area (Å²) in [6.07, 6.45) is 7.12. The summed E-state index contributed by atoms with van der Waals surface area (Å²) < 4.78 is 6.62. The van der Waals surface area contributed by atoms with Crippen molar-refractivity contribution >= 4 is 5.91 Å². The summed E-state index contributed by atoms with van der Waals surface area (Å²) in [6, 6.07) is 0. The molecule has 0 saturated carbocycles. The van der Waals surface area contributed by atoms with E-state index in [4.69, 9.17) is 4.74 Å². The summed E-state index contributed by atoms with van der Waals surface area (Å²) in [5.74, 6) is 0.190. The molecule has 4 heteroatoms. The fourth-order valence-corrected chi connectivity index (χ4v) is 4.93. The number of rotatable bonds is 6. The quantitative estimate of drug-likeness (QED) is 0.737. The summed E-state index contributed by atoms with van der Waals surface area (Å²) in [6.45, 7) is 16.0. The third-order valence-corrected chi connectivity index (χ3v) is 5.63. The first-order valence-corrected chi connectivity index (χ1v) is 9.81. The van der Waals surface area contributed by atoms with Gasteiger partial charge in [0.25, 0.3) is 5.91 Å². The molecule has 1 spiro atoms. The van der Waals surface area contributed by atoms with Crippen molar-refractivity contribution in [3.8, 4) is 0 Å². The molecule has 2 aliphatic rings. The summed E-state index contributed by atoms with van der Waals surface area (Å²) in [4.78, 5) is 15.3. The highest BCUT2D eigenvalue weighted by atomic mass is 16.6. The molecule has 2 aliphatic heterocycles. The second kappa shape index (κ2) is 6.60. The van der Waals surface area contributed by atoms with Crippen molar-refractivity contribution in [3.63, 3.8) is 0 Å². The minimum atomic E-state index is -0.672. The Morgan fingerprint density at radius 3 is 2.08 bits per heavy atom. The zero-order valence-corrected chi connectivity index (χ0v) is 16.9. The molecule has 0 aromatic heterocycles. The van der Waals surface area contributed by atoms with Crippen molar-refractivity contribution in [3.05, 3.63) is 0 Å². The second-order valence-electron chi connectivity index (χ2n) is 9.40. The molecular formula is C20H38N2O2. The highest BCUT2D eigenvalue weighted by molar-refractivity contribution is 5.87. The van der Waals surface area contributed by atoms with Crippen LogP contribution in [0.1, 0.15) is 93.4 Å². The van der Waals surface area contributed by atoms with E-state index in [1.807, 2.05) is 6.92 Å². The van der Waals surface area contributed by atoms with Gasteiger partial charge in [-0.05, 0) is 47.5 Å². The Bertz CT molecular complexity index is 456. The lowest BCUT2D eigenvalue weighted by atomic mass is 9.76. The van der Waals surface area contributed by atoms with E-state index >= 15 is 0 Å². The van der Waals surface area contributed by atoms with Crippen LogP contribution in [0.2, 0.25) is 0 Å². The van der Waals surface area contributed by atoms with E-state index in [-0.39, 0.29) is 17.0 Å². The summed E-state index contributed by atoms with van der Waals surface area (Å²) in [7, 11) is 0. The first kappa shape index (κ1) is 19.7. The Labute approximate surface area is 148 Å². The molecule has 0 radical (unpaired) electrons. The first-order valence-electron chi connectivity index (χ1n) is 9.81. The van der Waals surface area contributed by atoms with Crippen LogP contribution in [0.3, 0.4) is 0 Å². The number of nitrogens with zero attached hydrogens (tertiary/aromatic N) is 1. The molecule has 0 aromatic rings. The molecule has 2 rings (SSSR count). The van der Waals surface area contributed by atoms with E-state index in [9.17, 15) is 4.79 Å². The number of ether oxygens (including phenoxy) is 1. The number of hydrogen-bond donors (Lipinski definition) is 1. The van der Waals surface area contributed by atoms with Gasteiger partial charge in [0.1, 0.15) is 11.3 Å². The zero-order chi connectivity index (χ0) is 18.2. The van der Waals surface area contributed by atoms with Gasteiger partial charge in [-0.2, -0.15) is 0 Å². The van der Waals surface area contributed by atoms with Crippen molar-refractivity contribution in [1.29, 1.82) is 0 Å². The second-order valence-corrected chi connectivity index (χ2v) is 9.40. The lowest BCUT2D eigenvalue weighted by molar-refractivity contribution is -0.181. The van der Waals surface area contributed by atoms with Gasteiger partial charge in [0.05, 0.1) is 0 Å². The summed E-state index contributed by atoms with van der Waals surface area (Å²) >= 11 is 0. The Kier molecular flexibility index (Phi) is 5.42. The van der Waals surface area contributed by atoms with Crippen molar-refractivity contribution in [2.45, 2.75) is 116 Å². The van der Waals surface area contributed by atoms with Crippen LogP contribution in [-0.2, 0) is 9.53 Å². The van der Waals surface area contributed by atoms with Gasteiger partial charge < -0.3 is 15.0 Å². The van der Waals surface area contributed by atoms with E-state index in [0.717, 1.165) is 32.2 Å². The molecular weight excluding hydrogens is 300 g/mol. The SMILES string of the molecule is CCCCCCN1C(=O)C(C)(CC)OC12CC(C)(C)NC(C)(C)C2. The fraction of sp³-hybridized carbons (Fsp3) is 0.950. The van der Waals surface area contributed by atoms with Crippen LogP contribution in [-0.4, -0.2) is 39.8 Å². The van der Waals surface area contributed by atoms with E-state index in [1.54, 1.807) is 0 Å². The average molecular weight is 339 g/mol. The summed E-state index contributed by atoms with van der Waals surface area (Å²) in [5.41, 5.74) is -1.24. The topological polar surface area (TPSA) is 41.6 Å². The molecule has 4 nitrogen and oxygen atoms in total. The third-order valence-electron chi connectivity index (χ3n) is 5.63. The highest BCUT2D eigenvalue weighted by Crippen LogP contribution is 2.48. The molecule has 1 N–H and O–H groups in total. The molecule has 24 heavy (non-hydrogen) atoms. The van der Waals surface area contributed by atoms with E-state index < -0.39 is 11.3 Å². The van der Waals surface area contributed by atoms with Crippen LogP contribution in [0.25, 0.3) is 0 Å². The van der Waals surface area contributed by atoms with Gasteiger partial charge in [-0.25, -0.2) is 0 Å². The Morgan fingerprint density at radius 2 is 1.58 bits per heavy atom. The standard InChI is InChI=1S/C20H38N2O2/c1-8-10-11-12-13-22-16(23)19(7,9-2)24-20(22)14-17(3,4)21-18(5,6)15-20/h21H,8-15H2,1-7H3. The molecule has 0 bridgehead atoms. The number of carbonyl (C=O) groups excluding carboxylic acids is 1. The molecule has 2 saturated heterocycles. The van der Waals surface area contributed by atoms with Gasteiger partial charge in [0.15, 0.2) is 0 Å². The van der Waals surface area contributed by atoms with Crippen LogP contribution in [0.5, 0.6) is 0 Å². The van der Waals surface area contributed by atoms with Crippen molar-refractivity contribution < 1.29 is 9.53 Å². The van der Waals surface area contributed by atoms with Gasteiger partial charge in [-0.15, -0.1) is 0 Å². The smallest absolute Gasteiger partial charge is 0.256 e. The van der Waals surface area contributed by atoms with Gasteiger partial charge in [0.2, 0.25) is 0 Å². The fourth-order valence-electron chi connectivity index (χ4n) is 4.93. The Morgan fingerprint density at radius 1 is 1.00 bits per heavy atom. The molecule has 0 aliphatic carbocycles. The predicted octanol–water partition coefficient (Wildman–Crippen LogP) is 4.23. The van der Waals surface area contributed by atoms with E-state index in [0.29, 0.717) is 0 Å². The maximum absolute atomic E-state index is 13.2. The van der Waals surface area contributed by atoms with Crippen LogP contribution in [0.15, 0.2) is 0 Å². The van der Waals surface area contributed by atoms with Crippen LogP contribution in [0.4, 0.5) is 0 Å². The van der Waals surface area contributed by atoms with Gasteiger partial charge in [0, 0.05) is 30.5 Å². The Hall–Kier alpha value is -0.610. The molecule has 2 heterocycles.